The first kappa shape index (κ1) is 22.0. The summed E-state index contributed by atoms with van der Waals surface area (Å²) in [6.07, 6.45) is 1.81. The molecule has 0 spiro atoms. The highest BCUT2D eigenvalue weighted by atomic mass is 32.1. The van der Waals surface area contributed by atoms with Crippen molar-refractivity contribution >= 4 is 34.6 Å². The van der Waals surface area contributed by atoms with Gasteiger partial charge in [0.15, 0.2) is 5.11 Å². The van der Waals surface area contributed by atoms with Gasteiger partial charge in [-0.3, -0.25) is 9.78 Å². The number of benzene rings is 1. The number of nitrogens with one attached hydrogen (secondary N) is 3. The van der Waals surface area contributed by atoms with Gasteiger partial charge < -0.3 is 20.5 Å². The van der Waals surface area contributed by atoms with Crippen molar-refractivity contribution in [1.29, 1.82) is 0 Å². The van der Waals surface area contributed by atoms with Gasteiger partial charge in [0, 0.05) is 34.9 Å². The Kier molecular flexibility index (Phi) is 6.02. The van der Waals surface area contributed by atoms with Crippen molar-refractivity contribution in [1.82, 2.24) is 15.3 Å². The van der Waals surface area contributed by atoms with Gasteiger partial charge >= 0.3 is 0 Å². The van der Waals surface area contributed by atoms with E-state index in [9.17, 15) is 4.79 Å². The number of thiocarbonyl (C=S) groups is 1. The molecule has 1 aromatic carbocycles. The summed E-state index contributed by atoms with van der Waals surface area (Å²) in [5.41, 5.74) is 7.13. The zero-order chi connectivity index (χ0) is 23.0. The molecule has 3 N–H and O–H groups in total. The Morgan fingerprint density at radius 1 is 1.16 bits per heavy atom. The number of rotatable bonds is 5. The third kappa shape index (κ3) is 4.12. The van der Waals surface area contributed by atoms with Crippen molar-refractivity contribution in [2.45, 2.75) is 46.7 Å². The molecule has 0 saturated carbocycles. The standard InChI is InChI=1S/C25H29N5OS/c1-14(2)24(31)28-20-10-9-18(12-15(20)3)30-23(19-13-16(4)27-17(19)5)22(29-25(30)32)21-8-6-7-11-26-21/h6-14,22-23,27H,1-5H3,(H,28,31)(H,29,32)/t22-,23-/m1/s1. The van der Waals surface area contributed by atoms with Crippen LogP contribution in [0.2, 0.25) is 0 Å². The molecule has 4 rings (SSSR count). The highest BCUT2D eigenvalue weighted by Crippen LogP contribution is 2.43. The molecular formula is C25H29N5OS. The Morgan fingerprint density at radius 3 is 2.53 bits per heavy atom. The molecule has 0 bridgehead atoms. The fourth-order valence-corrected chi connectivity index (χ4v) is 4.56. The minimum Gasteiger partial charge on any atom is -0.362 e. The van der Waals surface area contributed by atoms with Crippen LogP contribution < -0.4 is 15.5 Å². The second-order valence-corrected chi connectivity index (χ2v) is 9.06. The smallest absolute Gasteiger partial charge is 0.226 e. The first-order chi connectivity index (χ1) is 15.3. The van der Waals surface area contributed by atoms with Crippen LogP contribution in [-0.4, -0.2) is 21.0 Å². The highest BCUT2D eigenvalue weighted by Gasteiger charge is 2.41. The predicted molar refractivity (Wildman–Crippen MR) is 133 cm³/mol. The first-order valence-electron chi connectivity index (χ1n) is 10.8. The zero-order valence-electron chi connectivity index (χ0n) is 19.1. The molecule has 1 saturated heterocycles. The lowest BCUT2D eigenvalue weighted by Crippen LogP contribution is -2.29. The molecule has 1 amide bonds. The number of anilines is 2. The SMILES string of the molecule is Cc1cc([C@@H]2[C@@H](c3ccccn3)NC(=S)N2c2ccc(NC(=O)C(C)C)c(C)c2)c(C)[nH]1. The molecule has 2 atom stereocenters. The van der Waals surface area contributed by atoms with Crippen LogP contribution >= 0.6 is 12.2 Å². The average Bonchev–Trinajstić information content (AvgIpc) is 3.27. The van der Waals surface area contributed by atoms with E-state index in [-0.39, 0.29) is 23.9 Å². The van der Waals surface area contributed by atoms with Crippen LogP contribution in [0.5, 0.6) is 0 Å². The number of carbonyl (C=O) groups excluding carboxylic acids is 1. The number of H-pyrrole nitrogens is 1. The van der Waals surface area contributed by atoms with Crippen LogP contribution in [0.4, 0.5) is 11.4 Å². The van der Waals surface area contributed by atoms with Crippen molar-refractivity contribution in [2.24, 2.45) is 5.92 Å². The largest absolute Gasteiger partial charge is 0.362 e. The summed E-state index contributed by atoms with van der Waals surface area (Å²) in [5.74, 6) is -0.0709. The van der Waals surface area contributed by atoms with E-state index in [0.29, 0.717) is 5.11 Å². The topological polar surface area (TPSA) is 73.1 Å². The van der Waals surface area contributed by atoms with Crippen LogP contribution in [0.25, 0.3) is 0 Å². The summed E-state index contributed by atoms with van der Waals surface area (Å²) in [5, 5.41) is 7.16. The van der Waals surface area contributed by atoms with Gasteiger partial charge in [-0.25, -0.2) is 0 Å². The van der Waals surface area contributed by atoms with Crippen molar-refractivity contribution in [3.8, 4) is 0 Å². The number of aromatic amines is 1. The lowest BCUT2D eigenvalue weighted by molar-refractivity contribution is -0.118. The molecular weight excluding hydrogens is 418 g/mol. The molecule has 2 aromatic heterocycles. The molecule has 3 heterocycles. The molecule has 7 heteroatoms. The number of hydrogen-bond donors (Lipinski definition) is 3. The summed E-state index contributed by atoms with van der Waals surface area (Å²) < 4.78 is 0. The van der Waals surface area contributed by atoms with Crippen LogP contribution in [0, 0.1) is 26.7 Å². The number of carbonyl (C=O) groups is 1. The summed E-state index contributed by atoms with van der Waals surface area (Å²) in [7, 11) is 0. The van der Waals surface area contributed by atoms with Crippen molar-refractivity contribution in [2.75, 3.05) is 10.2 Å². The molecule has 3 aromatic rings. The number of pyridine rings is 1. The van der Waals surface area contributed by atoms with Crippen molar-refractivity contribution < 1.29 is 4.79 Å². The number of aryl methyl sites for hydroxylation is 3. The van der Waals surface area contributed by atoms with Gasteiger partial charge in [-0.05, 0) is 80.5 Å². The zero-order valence-corrected chi connectivity index (χ0v) is 19.9. The molecule has 1 aliphatic heterocycles. The first-order valence-corrected chi connectivity index (χ1v) is 11.3. The van der Waals surface area contributed by atoms with E-state index in [2.05, 4.69) is 51.5 Å². The monoisotopic (exact) mass is 447 g/mol. The number of nitrogens with zero attached hydrogens (tertiary/aromatic N) is 2. The molecule has 6 nitrogen and oxygen atoms in total. The van der Waals surface area contributed by atoms with Crippen LogP contribution in [-0.2, 0) is 4.79 Å². The third-order valence-corrected chi connectivity index (χ3v) is 6.19. The van der Waals surface area contributed by atoms with Crippen LogP contribution in [0.15, 0.2) is 48.7 Å². The van der Waals surface area contributed by atoms with Gasteiger partial charge in [0.1, 0.15) is 0 Å². The molecule has 1 fully saturated rings. The van der Waals surface area contributed by atoms with Gasteiger partial charge in [-0.2, -0.15) is 0 Å². The highest BCUT2D eigenvalue weighted by molar-refractivity contribution is 7.80. The molecule has 32 heavy (non-hydrogen) atoms. The molecule has 0 unspecified atom stereocenters. The summed E-state index contributed by atoms with van der Waals surface area (Å²) in [6, 6.07) is 14.0. The van der Waals surface area contributed by atoms with E-state index < -0.39 is 0 Å². The Morgan fingerprint density at radius 2 is 1.94 bits per heavy atom. The minimum absolute atomic E-state index is 0.00530. The van der Waals surface area contributed by atoms with E-state index in [1.807, 2.05) is 57.3 Å². The lowest BCUT2D eigenvalue weighted by Gasteiger charge is -2.28. The van der Waals surface area contributed by atoms with Gasteiger partial charge in [0.05, 0.1) is 17.8 Å². The maximum atomic E-state index is 12.2. The van der Waals surface area contributed by atoms with E-state index in [0.717, 1.165) is 34.0 Å². The summed E-state index contributed by atoms with van der Waals surface area (Å²) >= 11 is 5.81. The fraction of sp³-hybridized carbons (Fsp3) is 0.320. The maximum Gasteiger partial charge on any atom is 0.226 e. The maximum absolute atomic E-state index is 12.2. The van der Waals surface area contributed by atoms with Crippen LogP contribution in [0.3, 0.4) is 0 Å². The molecule has 166 valence electrons. The number of aromatic nitrogens is 2. The number of hydrogen-bond acceptors (Lipinski definition) is 3. The lowest BCUT2D eigenvalue weighted by atomic mass is 9.96. The summed E-state index contributed by atoms with van der Waals surface area (Å²) in [4.78, 5) is 22.4. The predicted octanol–water partition coefficient (Wildman–Crippen LogP) is 5.11. The van der Waals surface area contributed by atoms with E-state index >= 15 is 0 Å². The van der Waals surface area contributed by atoms with Crippen molar-refractivity contribution in [3.05, 3.63) is 76.9 Å². The quantitative estimate of drug-likeness (QED) is 0.474. The van der Waals surface area contributed by atoms with Gasteiger partial charge in [0.25, 0.3) is 0 Å². The average molecular weight is 448 g/mol. The number of amides is 1. The second-order valence-electron chi connectivity index (χ2n) is 8.67. The van der Waals surface area contributed by atoms with Gasteiger partial charge in [-0.15, -0.1) is 0 Å². The summed E-state index contributed by atoms with van der Waals surface area (Å²) in [6.45, 7) is 9.93. The van der Waals surface area contributed by atoms with E-state index in [1.54, 1.807) is 0 Å². The van der Waals surface area contributed by atoms with Crippen molar-refractivity contribution in [3.63, 3.8) is 0 Å². The Labute approximate surface area is 194 Å². The second kappa shape index (κ2) is 8.74. The fourth-order valence-electron chi connectivity index (χ4n) is 4.22. The molecule has 1 aliphatic rings. The third-order valence-electron chi connectivity index (χ3n) is 5.88. The van der Waals surface area contributed by atoms with E-state index in [4.69, 9.17) is 12.2 Å². The molecule has 0 aliphatic carbocycles. The van der Waals surface area contributed by atoms with E-state index in [1.165, 1.54) is 5.56 Å². The molecule has 0 radical (unpaired) electrons. The normalized spacial score (nSPS) is 18.2. The Hall–Kier alpha value is -3.19. The van der Waals surface area contributed by atoms with Gasteiger partial charge in [0.2, 0.25) is 5.91 Å². The van der Waals surface area contributed by atoms with Gasteiger partial charge in [-0.1, -0.05) is 19.9 Å². The Bertz CT molecular complexity index is 1150. The Balaban J connectivity index is 1.76. The van der Waals surface area contributed by atoms with Crippen LogP contribution in [0.1, 0.15) is 54.1 Å². The minimum atomic E-state index is -0.0850.